The fraction of sp³-hybridized carbons (Fsp3) is 0.312. The summed E-state index contributed by atoms with van der Waals surface area (Å²) in [5.41, 5.74) is 0.818. The summed E-state index contributed by atoms with van der Waals surface area (Å²) in [5, 5.41) is 2.92. The number of hydrogen-bond acceptors (Lipinski definition) is 4. The Morgan fingerprint density at radius 1 is 1.21 bits per heavy atom. The molecule has 1 aromatic carbocycles. The zero-order valence-electron chi connectivity index (χ0n) is 13.0. The smallest absolute Gasteiger partial charge is 0.243 e. The van der Waals surface area contributed by atoms with E-state index in [0.717, 1.165) is 23.8 Å². The van der Waals surface area contributed by atoms with E-state index in [9.17, 15) is 17.2 Å². The molecule has 0 bridgehead atoms. The van der Waals surface area contributed by atoms with Crippen molar-refractivity contribution >= 4 is 15.8 Å². The predicted molar refractivity (Wildman–Crippen MR) is 86.0 cm³/mol. The molecule has 0 aliphatic carbocycles. The van der Waals surface area contributed by atoms with E-state index in [4.69, 9.17) is 0 Å². The summed E-state index contributed by atoms with van der Waals surface area (Å²) < 4.78 is 53.6. The van der Waals surface area contributed by atoms with Gasteiger partial charge >= 0.3 is 0 Å². The number of sulfonamides is 1. The minimum absolute atomic E-state index is 0.240. The van der Waals surface area contributed by atoms with Crippen LogP contribution >= 0.6 is 0 Å². The number of benzene rings is 1. The highest BCUT2D eigenvalue weighted by Gasteiger charge is 2.36. The van der Waals surface area contributed by atoms with Crippen LogP contribution in [-0.2, 0) is 10.0 Å². The van der Waals surface area contributed by atoms with E-state index in [1.807, 2.05) is 0 Å². The molecular formula is C16H17F2N3O2S. The Balaban J connectivity index is 1.98. The molecule has 2 heterocycles. The van der Waals surface area contributed by atoms with E-state index in [2.05, 4.69) is 10.3 Å². The zero-order valence-corrected chi connectivity index (χ0v) is 13.9. The summed E-state index contributed by atoms with van der Waals surface area (Å²) in [7, 11) is -2.18. The number of halogens is 2. The van der Waals surface area contributed by atoms with Gasteiger partial charge in [0.05, 0.1) is 10.9 Å². The summed E-state index contributed by atoms with van der Waals surface area (Å²) in [4.78, 5) is 3.89. The normalized spacial score (nSPS) is 18.7. The molecule has 1 aromatic heterocycles. The number of nitrogens with one attached hydrogen (secondary N) is 1. The highest BCUT2D eigenvalue weighted by atomic mass is 32.2. The first-order chi connectivity index (χ1) is 11.4. The van der Waals surface area contributed by atoms with Gasteiger partial charge in [-0.05, 0) is 48.7 Å². The molecule has 3 rings (SSSR count). The van der Waals surface area contributed by atoms with Crippen molar-refractivity contribution in [1.29, 1.82) is 0 Å². The number of nitrogens with zero attached hydrogens (tertiary/aromatic N) is 2. The van der Waals surface area contributed by atoms with Crippen molar-refractivity contribution in [3.05, 3.63) is 53.7 Å². The molecule has 8 heteroatoms. The van der Waals surface area contributed by atoms with Gasteiger partial charge in [0.15, 0.2) is 11.6 Å². The molecule has 1 N–H and O–H groups in total. The topological polar surface area (TPSA) is 62.3 Å². The average molecular weight is 353 g/mol. The van der Waals surface area contributed by atoms with E-state index in [1.54, 1.807) is 25.4 Å². The lowest BCUT2D eigenvalue weighted by Gasteiger charge is -2.24. The molecule has 0 radical (unpaired) electrons. The largest absolute Gasteiger partial charge is 0.373 e. The molecule has 1 aliphatic heterocycles. The molecule has 1 fully saturated rings. The first-order valence-corrected chi connectivity index (χ1v) is 8.98. The molecule has 2 aromatic rings. The van der Waals surface area contributed by atoms with Crippen LogP contribution in [0.25, 0.3) is 0 Å². The van der Waals surface area contributed by atoms with Crippen molar-refractivity contribution < 1.29 is 17.2 Å². The van der Waals surface area contributed by atoms with Crippen molar-refractivity contribution in [2.45, 2.75) is 23.8 Å². The monoisotopic (exact) mass is 353 g/mol. The third kappa shape index (κ3) is 2.99. The van der Waals surface area contributed by atoms with E-state index < -0.39 is 21.7 Å². The minimum Gasteiger partial charge on any atom is -0.373 e. The van der Waals surface area contributed by atoms with Crippen LogP contribution in [0.2, 0.25) is 0 Å². The maximum absolute atomic E-state index is 13.4. The van der Waals surface area contributed by atoms with Gasteiger partial charge < -0.3 is 5.32 Å². The van der Waals surface area contributed by atoms with Crippen molar-refractivity contribution in [1.82, 2.24) is 9.29 Å². The Morgan fingerprint density at radius 3 is 2.71 bits per heavy atom. The standard InChI is InChI=1S/C16H17F2N3O2S/c1-19-16-9-11(6-7-20-16)15-3-2-8-21(15)24(22,23)12-4-5-13(17)14(18)10-12/h4-7,9-10,15H,2-3,8H2,1H3,(H,19,20). The Hall–Kier alpha value is -2.06. The van der Waals surface area contributed by atoms with Crippen LogP contribution in [0.5, 0.6) is 0 Å². The Labute approximate surface area is 139 Å². The van der Waals surface area contributed by atoms with Gasteiger partial charge in [-0.1, -0.05) is 0 Å². The van der Waals surface area contributed by atoms with E-state index in [0.29, 0.717) is 25.2 Å². The van der Waals surface area contributed by atoms with Crippen LogP contribution in [0, 0.1) is 11.6 Å². The lowest BCUT2D eigenvalue weighted by atomic mass is 10.1. The van der Waals surface area contributed by atoms with Crippen LogP contribution in [0.4, 0.5) is 14.6 Å². The maximum Gasteiger partial charge on any atom is 0.243 e. The number of pyridine rings is 1. The van der Waals surface area contributed by atoms with Gasteiger partial charge in [-0.25, -0.2) is 22.2 Å². The fourth-order valence-corrected chi connectivity index (χ4v) is 4.62. The third-order valence-corrected chi connectivity index (χ3v) is 6.03. The lowest BCUT2D eigenvalue weighted by Crippen LogP contribution is -2.30. The van der Waals surface area contributed by atoms with Gasteiger partial charge in [0, 0.05) is 19.8 Å². The SMILES string of the molecule is CNc1cc(C2CCCN2S(=O)(=O)c2ccc(F)c(F)c2)ccn1. The van der Waals surface area contributed by atoms with Gasteiger partial charge in [0.1, 0.15) is 5.82 Å². The summed E-state index contributed by atoms with van der Waals surface area (Å²) in [6.07, 6.45) is 2.97. The Morgan fingerprint density at radius 2 is 2.00 bits per heavy atom. The fourth-order valence-electron chi connectivity index (χ4n) is 2.92. The number of hydrogen-bond donors (Lipinski definition) is 1. The van der Waals surface area contributed by atoms with Crippen LogP contribution in [0.15, 0.2) is 41.4 Å². The van der Waals surface area contributed by atoms with Crippen molar-refractivity contribution in [2.24, 2.45) is 0 Å². The summed E-state index contributed by atoms with van der Waals surface area (Å²) >= 11 is 0. The van der Waals surface area contributed by atoms with Crippen molar-refractivity contribution in [3.63, 3.8) is 0 Å². The first-order valence-electron chi connectivity index (χ1n) is 7.54. The molecule has 1 saturated heterocycles. The van der Waals surface area contributed by atoms with Gasteiger partial charge in [0.25, 0.3) is 0 Å². The molecule has 0 amide bonds. The molecule has 1 unspecified atom stereocenters. The average Bonchev–Trinajstić information content (AvgIpc) is 3.08. The molecule has 128 valence electrons. The molecule has 0 saturated carbocycles. The quantitative estimate of drug-likeness (QED) is 0.918. The lowest BCUT2D eigenvalue weighted by molar-refractivity contribution is 0.396. The highest BCUT2D eigenvalue weighted by molar-refractivity contribution is 7.89. The molecule has 1 aliphatic rings. The maximum atomic E-state index is 13.4. The van der Waals surface area contributed by atoms with Crippen LogP contribution < -0.4 is 5.32 Å². The van der Waals surface area contributed by atoms with Gasteiger partial charge in [-0.3, -0.25) is 0 Å². The highest BCUT2D eigenvalue weighted by Crippen LogP contribution is 2.37. The predicted octanol–water partition coefficient (Wildman–Crippen LogP) is 2.93. The third-order valence-electron chi connectivity index (χ3n) is 4.13. The second kappa shape index (κ2) is 6.45. The number of rotatable bonds is 4. The second-order valence-electron chi connectivity index (χ2n) is 5.57. The van der Waals surface area contributed by atoms with Gasteiger partial charge in [0.2, 0.25) is 10.0 Å². The second-order valence-corrected chi connectivity index (χ2v) is 7.46. The molecule has 5 nitrogen and oxygen atoms in total. The minimum atomic E-state index is -3.91. The van der Waals surface area contributed by atoms with Crippen LogP contribution in [0.1, 0.15) is 24.4 Å². The summed E-state index contributed by atoms with van der Waals surface area (Å²) in [5.74, 6) is -1.60. The summed E-state index contributed by atoms with van der Waals surface area (Å²) in [6, 6.07) is 5.87. The Kier molecular flexibility index (Phi) is 4.51. The molecular weight excluding hydrogens is 336 g/mol. The number of aromatic nitrogens is 1. The Bertz CT molecular complexity index is 858. The van der Waals surface area contributed by atoms with Crippen LogP contribution in [0.3, 0.4) is 0 Å². The van der Waals surface area contributed by atoms with E-state index in [-0.39, 0.29) is 10.9 Å². The van der Waals surface area contributed by atoms with Gasteiger partial charge in [-0.15, -0.1) is 0 Å². The van der Waals surface area contributed by atoms with Crippen molar-refractivity contribution in [3.8, 4) is 0 Å². The first kappa shape index (κ1) is 16.8. The zero-order chi connectivity index (χ0) is 17.3. The molecule has 1 atom stereocenters. The number of anilines is 1. The van der Waals surface area contributed by atoms with Crippen LogP contribution in [-0.4, -0.2) is 31.3 Å². The van der Waals surface area contributed by atoms with Gasteiger partial charge in [-0.2, -0.15) is 4.31 Å². The molecule has 0 spiro atoms. The van der Waals surface area contributed by atoms with E-state index in [1.165, 1.54) is 4.31 Å². The van der Waals surface area contributed by atoms with E-state index >= 15 is 0 Å². The summed E-state index contributed by atoms with van der Waals surface area (Å²) in [6.45, 7) is 0.337. The van der Waals surface area contributed by atoms with Crippen molar-refractivity contribution in [2.75, 3.05) is 18.9 Å². The molecule has 24 heavy (non-hydrogen) atoms.